The molecule has 0 aromatic heterocycles. The van der Waals surface area contributed by atoms with E-state index in [1.54, 1.807) is 0 Å². The highest BCUT2D eigenvalue weighted by Crippen LogP contribution is 2.25. The van der Waals surface area contributed by atoms with E-state index >= 15 is 0 Å². The molecule has 22 heavy (non-hydrogen) atoms. The van der Waals surface area contributed by atoms with Gasteiger partial charge in [-0.05, 0) is 32.6 Å². The molecule has 0 radical (unpaired) electrons. The molecule has 2 aliphatic rings. The minimum absolute atomic E-state index is 0. The van der Waals surface area contributed by atoms with Crippen LogP contribution >= 0.6 is 24.0 Å². The molecule has 2 fully saturated rings. The van der Waals surface area contributed by atoms with E-state index in [4.69, 9.17) is 5.11 Å². The molecule has 0 bridgehead atoms. The Morgan fingerprint density at radius 3 is 2.41 bits per heavy atom. The number of halogens is 1. The highest BCUT2D eigenvalue weighted by Gasteiger charge is 2.26. The Bertz CT molecular complexity index is 313. The van der Waals surface area contributed by atoms with Crippen molar-refractivity contribution in [3.63, 3.8) is 0 Å². The summed E-state index contributed by atoms with van der Waals surface area (Å²) in [6.07, 6.45) is 9.46. The first-order chi connectivity index (χ1) is 10.3. The van der Waals surface area contributed by atoms with Gasteiger partial charge in [0.05, 0.1) is 13.2 Å². The Hall–Kier alpha value is -0.0800. The van der Waals surface area contributed by atoms with Crippen molar-refractivity contribution in [1.82, 2.24) is 15.5 Å². The lowest BCUT2D eigenvalue weighted by atomic mass is 9.92. The third-order valence-corrected chi connectivity index (χ3v) is 4.68. The molecule has 0 atom stereocenters. The number of hydrogen-bond acceptors (Lipinski definition) is 3. The molecule has 1 heterocycles. The molecule has 1 aliphatic carbocycles. The molecule has 130 valence electrons. The number of aliphatic imine (C=N–C) groups is 1. The maximum Gasteiger partial charge on any atom is 0.191 e. The third-order valence-electron chi connectivity index (χ3n) is 4.68. The highest BCUT2D eigenvalue weighted by atomic mass is 127. The van der Waals surface area contributed by atoms with Crippen LogP contribution < -0.4 is 10.6 Å². The summed E-state index contributed by atoms with van der Waals surface area (Å²) in [6.45, 7) is 5.93. The lowest BCUT2D eigenvalue weighted by Crippen LogP contribution is -2.51. The fourth-order valence-corrected chi connectivity index (χ4v) is 3.53. The topological polar surface area (TPSA) is 59.9 Å². The van der Waals surface area contributed by atoms with Gasteiger partial charge < -0.3 is 20.6 Å². The molecule has 0 aromatic rings. The van der Waals surface area contributed by atoms with Crippen LogP contribution in [0.15, 0.2) is 4.99 Å². The Morgan fingerprint density at radius 2 is 1.82 bits per heavy atom. The molecule has 5 nitrogen and oxygen atoms in total. The lowest BCUT2D eigenvalue weighted by Gasteiger charge is -2.39. The van der Waals surface area contributed by atoms with Gasteiger partial charge in [0.25, 0.3) is 0 Å². The van der Waals surface area contributed by atoms with E-state index in [0.717, 1.165) is 18.5 Å². The van der Waals surface area contributed by atoms with Crippen molar-refractivity contribution in [2.24, 2.45) is 4.99 Å². The van der Waals surface area contributed by atoms with E-state index in [2.05, 4.69) is 27.4 Å². The zero-order valence-corrected chi connectivity index (χ0v) is 16.2. The number of rotatable bonds is 5. The van der Waals surface area contributed by atoms with Gasteiger partial charge in [-0.15, -0.1) is 24.0 Å². The summed E-state index contributed by atoms with van der Waals surface area (Å²) in [5, 5.41) is 15.7. The first-order valence-corrected chi connectivity index (χ1v) is 8.73. The van der Waals surface area contributed by atoms with Crippen molar-refractivity contribution in [3.05, 3.63) is 0 Å². The van der Waals surface area contributed by atoms with Crippen LogP contribution in [0.25, 0.3) is 0 Å². The number of nitrogens with one attached hydrogen (secondary N) is 2. The van der Waals surface area contributed by atoms with Gasteiger partial charge in [-0.3, -0.25) is 4.99 Å². The van der Waals surface area contributed by atoms with Crippen LogP contribution in [0.4, 0.5) is 0 Å². The van der Waals surface area contributed by atoms with Crippen molar-refractivity contribution in [2.45, 2.75) is 64.0 Å². The molecular formula is C16H33IN4O. The van der Waals surface area contributed by atoms with Gasteiger partial charge in [0.15, 0.2) is 5.96 Å². The smallest absolute Gasteiger partial charge is 0.191 e. The van der Waals surface area contributed by atoms with Crippen molar-refractivity contribution < 1.29 is 5.11 Å². The molecular weight excluding hydrogens is 391 g/mol. The Kier molecular flexibility index (Phi) is 10.4. The van der Waals surface area contributed by atoms with E-state index in [9.17, 15) is 0 Å². The zero-order chi connectivity index (χ0) is 14.9. The van der Waals surface area contributed by atoms with Crippen molar-refractivity contribution in [1.29, 1.82) is 0 Å². The summed E-state index contributed by atoms with van der Waals surface area (Å²) in [4.78, 5) is 7.07. The van der Waals surface area contributed by atoms with Gasteiger partial charge in [0.1, 0.15) is 0 Å². The second-order valence-corrected chi connectivity index (χ2v) is 6.23. The van der Waals surface area contributed by atoms with E-state index in [1.807, 2.05) is 0 Å². The molecule has 0 amide bonds. The van der Waals surface area contributed by atoms with E-state index < -0.39 is 0 Å². The second-order valence-electron chi connectivity index (χ2n) is 6.23. The van der Waals surface area contributed by atoms with Crippen molar-refractivity contribution >= 4 is 29.9 Å². The van der Waals surface area contributed by atoms with Crippen LogP contribution in [0.3, 0.4) is 0 Å². The summed E-state index contributed by atoms with van der Waals surface area (Å²) in [7, 11) is 0. The van der Waals surface area contributed by atoms with Crippen LogP contribution in [0, 0.1) is 0 Å². The molecule has 0 spiro atoms. The predicted molar refractivity (Wildman–Crippen MR) is 103 cm³/mol. The average molecular weight is 424 g/mol. The second kappa shape index (κ2) is 11.5. The van der Waals surface area contributed by atoms with E-state index in [1.165, 1.54) is 58.0 Å². The van der Waals surface area contributed by atoms with E-state index in [-0.39, 0.29) is 30.6 Å². The minimum Gasteiger partial charge on any atom is -0.394 e. The number of likely N-dealkylation sites (tertiary alicyclic amines) is 1. The van der Waals surface area contributed by atoms with Gasteiger partial charge in [0.2, 0.25) is 0 Å². The molecule has 1 aliphatic heterocycles. The lowest BCUT2D eigenvalue weighted by molar-refractivity contribution is 0.119. The van der Waals surface area contributed by atoms with Gasteiger partial charge >= 0.3 is 0 Å². The third kappa shape index (κ3) is 6.58. The van der Waals surface area contributed by atoms with Crippen LogP contribution in [-0.4, -0.2) is 60.8 Å². The largest absolute Gasteiger partial charge is 0.394 e. The summed E-state index contributed by atoms with van der Waals surface area (Å²) in [5.74, 6) is 0.850. The summed E-state index contributed by atoms with van der Waals surface area (Å²) < 4.78 is 0. The van der Waals surface area contributed by atoms with Gasteiger partial charge in [-0.25, -0.2) is 0 Å². The Labute approximate surface area is 152 Å². The van der Waals surface area contributed by atoms with Crippen molar-refractivity contribution in [3.8, 4) is 0 Å². The van der Waals surface area contributed by atoms with Gasteiger partial charge in [-0.2, -0.15) is 0 Å². The summed E-state index contributed by atoms with van der Waals surface area (Å²) in [6, 6.07) is 1.36. The minimum atomic E-state index is 0. The van der Waals surface area contributed by atoms with Crippen LogP contribution in [0.5, 0.6) is 0 Å². The number of aliphatic hydroxyl groups excluding tert-OH is 1. The van der Waals surface area contributed by atoms with Crippen LogP contribution in [0.1, 0.15) is 51.9 Å². The zero-order valence-electron chi connectivity index (χ0n) is 13.9. The fourth-order valence-electron chi connectivity index (χ4n) is 3.53. The summed E-state index contributed by atoms with van der Waals surface area (Å²) >= 11 is 0. The quantitative estimate of drug-likeness (QED) is 0.359. The first-order valence-electron chi connectivity index (χ1n) is 8.73. The van der Waals surface area contributed by atoms with E-state index in [0.29, 0.717) is 12.6 Å². The fraction of sp³-hybridized carbons (Fsp3) is 0.938. The Balaban J connectivity index is 0.00000242. The molecule has 6 heteroatoms. The van der Waals surface area contributed by atoms with Gasteiger partial charge in [0, 0.05) is 31.7 Å². The molecule has 2 rings (SSSR count). The van der Waals surface area contributed by atoms with Crippen LogP contribution in [-0.2, 0) is 0 Å². The van der Waals surface area contributed by atoms with Crippen molar-refractivity contribution in [2.75, 3.05) is 32.8 Å². The first kappa shape index (κ1) is 20.0. The summed E-state index contributed by atoms with van der Waals surface area (Å²) in [5.41, 5.74) is 0. The molecule has 0 unspecified atom stereocenters. The molecule has 1 saturated carbocycles. The molecule has 1 saturated heterocycles. The number of piperidine rings is 1. The molecule has 0 aromatic carbocycles. The number of hydrogen-bond donors (Lipinski definition) is 3. The SMILES string of the molecule is CCNC(=NCCO)NC1CCN(C2CCCCC2)CC1.I. The van der Waals surface area contributed by atoms with Crippen LogP contribution in [0.2, 0.25) is 0 Å². The normalized spacial score (nSPS) is 22.2. The van der Waals surface area contributed by atoms with Gasteiger partial charge in [-0.1, -0.05) is 19.3 Å². The highest BCUT2D eigenvalue weighted by molar-refractivity contribution is 14.0. The molecule has 3 N–H and O–H groups in total. The monoisotopic (exact) mass is 424 g/mol. The number of aliphatic hydroxyl groups is 1. The number of guanidine groups is 1. The predicted octanol–water partition coefficient (Wildman–Crippen LogP) is 1.95. The Morgan fingerprint density at radius 1 is 1.14 bits per heavy atom. The maximum atomic E-state index is 8.90. The standard InChI is InChI=1S/C16H32N4O.HI/c1-2-17-16(18-10-13-21)19-14-8-11-20(12-9-14)15-6-4-3-5-7-15;/h14-15,21H,2-13H2,1H3,(H2,17,18,19);1H. The average Bonchev–Trinajstić information content (AvgIpc) is 2.54. The number of nitrogens with zero attached hydrogens (tertiary/aromatic N) is 2. The maximum absolute atomic E-state index is 8.90.